The van der Waals surface area contributed by atoms with E-state index in [1.807, 2.05) is 0 Å². The van der Waals surface area contributed by atoms with Crippen LogP contribution in [0, 0.1) is 17.4 Å². The summed E-state index contributed by atoms with van der Waals surface area (Å²) in [5.74, 6) is 0.566. The first-order chi connectivity index (χ1) is 12.4. The Kier molecular flexibility index (Phi) is 13.9. The molecule has 0 N–H and O–H groups in total. The zero-order valence-corrected chi connectivity index (χ0v) is 22.3. The summed E-state index contributed by atoms with van der Waals surface area (Å²) in [5.41, 5.74) is 5.35. The van der Waals surface area contributed by atoms with Gasteiger partial charge in [0.15, 0.2) is 0 Å². The maximum Gasteiger partial charge on any atom is 4.00 e. The Morgan fingerprint density at radius 2 is 1.27 bits per heavy atom. The Labute approximate surface area is 217 Å². The van der Waals surface area contributed by atoms with Crippen LogP contribution in [0.25, 0.3) is 0 Å². The topological polar surface area (TPSA) is 0 Å². The van der Waals surface area contributed by atoms with E-state index in [4.69, 9.17) is 0 Å². The Hall–Kier alpha value is -0.496. The molecule has 1 unspecified atom stereocenters. The monoisotopic (exact) mass is 496 g/mol. The fraction of sp³-hybridized carbons (Fsp3) is 0.385. The van der Waals surface area contributed by atoms with Crippen LogP contribution in [0.4, 0.5) is 0 Å². The molecule has 1 aliphatic rings. The summed E-state index contributed by atoms with van der Waals surface area (Å²) in [7, 11) is 0. The molecule has 160 valence electrons. The molecule has 4 heteroatoms. The quantitative estimate of drug-likeness (QED) is 0.336. The summed E-state index contributed by atoms with van der Waals surface area (Å²) < 4.78 is 0. The van der Waals surface area contributed by atoms with E-state index in [-0.39, 0.29) is 69.8 Å². The third-order valence-corrected chi connectivity index (χ3v) is 5.96. The van der Waals surface area contributed by atoms with Gasteiger partial charge in [0.2, 0.25) is 0 Å². The molecule has 0 bridgehead atoms. The second-order valence-electron chi connectivity index (χ2n) is 8.51. The molecule has 0 radical (unpaired) electrons. The Morgan fingerprint density at radius 3 is 1.63 bits per heavy atom. The van der Waals surface area contributed by atoms with Crippen molar-refractivity contribution in [2.24, 2.45) is 11.3 Å². The molecule has 0 saturated heterocycles. The van der Waals surface area contributed by atoms with Gasteiger partial charge in [0.25, 0.3) is 0 Å². The van der Waals surface area contributed by atoms with Crippen LogP contribution < -0.4 is 37.2 Å². The molecule has 0 amide bonds. The molecule has 0 aromatic heterocycles. The summed E-state index contributed by atoms with van der Waals surface area (Å²) in [4.78, 5) is 0. The van der Waals surface area contributed by atoms with Crippen molar-refractivity contribution in [3.05, 3.63) is 95.1 Å². The molecule has 0 spiro atoms. The number of halogens is 3. The molecule has 1 aliphatic carbocycles. The van der Waals surface area contributed by atoms with Gasteiger partial charge in [0.1, 0.15) is 0 Å². The fourth-order valence-corrected chi connectivity index (χ4v) is 4.49. The molecule has 2 aromatic rings. The van der Waals surface area contributed by atoms with E-state index in [1.165, 1.54) is 22.3 Å². The second-order valence-corrected chi connectivity index (χ2v) is 8.51. The fourth-order valence-electron chi connectivity index (χ4n) is 4.49. The molecule has 30 heavy (non-hydrogen) atoms. The third-order valence-electron chi connectivity index (χ3n) is 5.96. The van der Waals surface area contributed by atoms with Gasteiger partial charge in [-0.05, 0) is 16.5 Å². The first-order valence-corrected chi connectivity index (χ1v) is 9.85. The van der Waals surface area contributed by atoms with Crippen LogP contribution in [0.2, 0.25) is 0 Å². The van der Waals surface area contributed by atoms with Crippen LogP contribution in [-0.2, 0) is 27.1 Å². The van der Waals surface area contributed by atoms with Crippen molar-refractivity contribution in [1.82, 2.24) is 0 Å². The van der Waals surface area contributed by atoms with Gasteiger partial charge in [-0.3, -0.25) is 0 Å². The molecule has 0 aliphatic heterocycles. The van der Waals surface area contributed by atoms with E-state index in [0.717, 1.165) is 12.8 Å². The summed E-state index contributed by atoms with van der Waals surface area (Å²) in [6.07, 6.45) is 8.41. The third kappa shape index (κ3) is 5.84. The van der Waals surface area contributed by atoms with Gasteiger partial charge < -0.3 is 37.2 Å². The molecule has 0 heterocycles. The van der Waals surface area contributed by atoms with Crippen LogP contribution >= 0.6 is 0 Å². The SMILES string of the molecule is CCC(C)C1=CCC(C(c2ccccc2)(c2ccccc2)C(C)(C)C)=[C-]1.[Cl-].[Cl-].[Cl-].[Ti+4]. The average molecular weight is 498 g/mol. The molecule has 2 aromatic carbocycles. The minimum Gasteiger partial charge on any atom is -1.00 e. The largest absolute Gasteiger partial charge is 4.00 e. The summed E-state index contributed by atoms with van der Waals surface area (Å²) in [6, 6.07) is 22.0. The van der Waals surface area contributed by atoms with E-state index in [1.54, 1.807) is 0 Å². The molecule has 0 nitrogen and oxygen atoms in total. The Bertz CT molecular complexity index is 766. The van der Waals surface area contributed by atoms with Gasteiger partial charge in [-0.1, -0.05) is 114 Å². The van der Waals surface area contributed by atoms with Crippen molar-refractivity contribution in [3.63, 3.8) is 0 Å². The van der Waals surface area contributed by atoms with Crippen molar-refractivity contribution in [1.29, 1.82) is 0 Å². The van der Waals surface area contributed by atoms with E-state index in [2.05, 4.69) is 107 Å². The van der Waals surface area contributed by atoms with Gasteiger partial charge in [0, 0.05) is 5.41 Å². The van der Waals surface area contributed by atoms with Gasteiger partial charge in [0.05, 0.1) is 0 Å². The Balaban J connectivity index is 0. The van der Waals surface area contributed by atoms with Crippen LogP contribution in [0.15, 0.2) is 77.9 Å². The summed E-state index contributed by atoms with van der Waals surface area (Å²) in [6.45, 7) is 11.7. The number of benzene rings is 2. The number of hydrogen-bond acceptors (Lipinski definition) is 0. The zero-order chi connectivity index (χ0) is 18.8. The number of allylic oxidation sites excluding steroid dienone is 4. The molecule has 3 rings (SSSR count). The molecular weight excluding hydrogens is 467 g/mol. The predicted molar refractivity (Wildman–Crippen MR) is 112 cm³/mol. The first kappa shape index (κ1) is 31.7. The molecule has 0 fully saturated rings. The van der Waals surface area contributed by atoms with E-state index in [0.29, 0.717) is 5.92 Å². The molecule has 0 saturated carbocycles. The van der Waals surface area contributed by atoms with E-state index in [9.17, 15) is 0 Å². The van der Waals surface area contributed by atoms with Crippen LogP contribution in [0.1, 0.15) is 58.6 Å². The van der Waals surface area contributed by atoms with Crippen molar-refractivity contribution < 1.29 is 58.9 Å². The van der Waals surface area contributed by atoms with Crippen molar-refractivity contribution in [2.45, 2.75) is 52.9 Å². The minimum atomic E-state index is -0.179. The van der Waals surface area contributed by atoms with E-state index < -0.39 is 0 Å². The molecular formula is C26H31Cl3Ti. The predicted octanol–water partition coefficient (Wildman–Crippen LogP) is -1.87. The van der Waals surface area contributed by atoms with Crippen LogP contribution in [0.5, 0.6) is 0 Å². The van der Waals surface area contributed by atoms with Gasteiger partial charge in [-0.15, -0.1) is 0 Å². The minimum absolute atomic E-state index is 0. The van der Waals surface area contributed by atoms with Crippen molar-refractivity contribution in [3.8, 4) is 0 Å². The maximum atomic E-state index is 3.86. The van der Waals surface area contributed by atoms with Gasteiger partial charge >= 0.3 is 21.7 Å². The normalized spacial score (nSPS) is 14.0. The average Bonchev–Trinajstić information content (AvgIpc) is 3.12. The molecule has 1 atom stereocenters. The summed E-state index contributed by atoms with van der Waals surface area (Å²) in [5, 5.41) is 0. The van der Waals surface area contributed by atoms with Gasteiger partial charge in [-0.2, -0.15) is 5.57 Å². The second kappa shape index (κ2) is 13.1. The van der Waals surface area contributed by atoms with Crippen LogP contribution in [0.3, 0.4) is 0 Å². The van der Waals surface area contributed by atoms with Crippen molar-refractivity contribution in [2.75, 3.05) is 0 Å². The zero-order valence-electron chi connectivity index (χ0n) is 18.5. The first-order valence-electron chi connectivity index (χ1n) is 9.85. The van der Waals surface area contributed by atoms with E-state index >= 15 is 0 Å². The maximum absolute atomic E-state index is 3.86. The Morgan fingerprint density at radius 1 is 0.833 bits per heavy atom. The smallest absolute Gasteiger partial charge is 1.00 e. The summed E-state index contributed by atoms with van der Waals surface area (Å²) >= 11 is 0. The number of hydrogen-bond donors (Lipinski definition) is 0. The van der Waals surface area contributed by atoms with Crippen molar-refractivity contribution >= 4 is 0 Å². The van der Waals surface area contributed by atoms with Gasteiger partial charge in [-0.25, -0.2) is 17.7 Å². The standard InChI is InChI=1S/C26H31.3ClH.Ti/c1-6-20(2)21-17-18-24(19-21)26(25(3,4)5,22-13-9-7-10-14-22)23-15-11-8-12-16-23;;;;/h7-17,20H,6,18H2,1-5H3;3*1H;/q-1;;;;+4/p-3. The number of rotatable bonds is 5. The van der Waals surface area contributed by atoms with Crippen LogP contribution in [-0.4, -0.2) is 0 Å².